The minimum atomic E-state index is -0.418. The second kappa shape index (κ2) is 6.50. The number of alkyl halides is 1. The molecule has 1 aromatic rings. The van der Waals surface area contributed by atoms with Gasteiger partial charge in [-0.1, -0.05) is 29.8 Å². The van der Waals surface area contributed by atoms with Crippen molar-refractivity contribution in [3.8, 4) is 0 Å². The Morgan fingerprint density at radius 3 is 2.65 bits per heavy atom. The van der Waals surface area contributed by atoms with Gasteiger partial charge in [0.1, 0.15) is 5.82 Å². The Hall–Kier alpha value is -0.420. The number of carbonyl (C=O) groups excluding carboxylic acids is 1. The van der Waals surface area contributed by atoms with Gasteiger partial charge in [-0.2, -0.15) is 0 Å². The fourth-order valence-electron chi connectivity index (χ4n) is 1.30. The van der Waals surface area contributed by atoms with Crippen LogP contribution in [0.15, 0.2) is 22.7 Å². The first-order valence-electron chi connectivity index (χ1n) is 5.27. The SMILES string of the molecule is CC(C)C(CBr)NC(=O)c1cc(F)ccc1Br. The van der Waals surface area contributed by atoms with E-state index in [1.807, 2.05) is 13.8 Å². The summed E-state index contributed by atoms with van der Waals surface area (Å²) in [6.45, 7) is 4.04. The molecule has 1 unspecified atom stereocenters. The third kappa shape index (κ3) is 4.07. The zero-order chi connectivity index (χ0) is 13.0. The lowest BCUT2D eigenvalue weighted by molar-refractivity contribution is 0.0930. The molecule has 1 amide bonds. The number of benzene rings is 1. The topological polar surface area (TPSA) is 29.1 Å². The van der Waals surface area contributed by atoms with Gasteiger partial charge in [0.25, 0.3) is 5.91 Å². The Balaban J connectivity index is 2.86. The minimum absolute atomic E-state index is 0.0256. The molecule has 17 heavy (non-hydrogen) atoms. The summed E-state index contributed by atoms with van der Waals surface area (Å²) in [7, 11) is 0. The molecule has 0 fully saturated rings. The maximum absolute atomic E-state index is 13.1. The van der Waals surface area contributed by atoms with Gasteiger partial charge < -0.3 is 5.32 Å². The highest BCUT2D eigenvalue weighted by atomic mass is 79.9. The third-order valence-corrected chi connectivity index (χ3v) is 3.85. The van der Waals surface area contributed by atoms with E-state index in [0.29, 0.717) is 21.3 Å². The molecule has 94 valence electrons. The van der Waals surface area contributed by atoms with Crippen molar-refractivity contribution in [1.82, 2.24) is 5.32 Å². The van der Waals surface area contributed by atoms with Crippen LogP contribution in [-0.2, 0) is 0 Å². The summed E-state index contributed by atoms with van der Waals surface area (Å²) in [5.74, 6) is -0.376. The molecule has 1 atom stereocenters. The summed E-state index contributed by atoms with van der Waals surface area (Å²) in [5.41, 5.74) is 0.316. The summed E-state index contributed by atoms with van der Waals surface area (Å²) in [6.07, 6.45) is 0. The highest BCUT2D eigenvalue weighted by Crippen LogP contribution is 2.18. The van der Waals surface area contributed by atoms with E-state index in [0.717, 1.165) is 0 Å². The van der Waals surface area contributed by atoms with E-state index in [2.05, 4.69) is 37.2 Å². The number of carbonyl (C=O) groups is 1. The molecule has 0 aliphatic rings. The monoisotopic (exact) mass is 365 g/mol. The molecule has 0 aromatic heterocycles. The van der Waals surface area contributed by atoms with E-state index in [9.17, 15) is 9.18 Å². The summed E-state index contributed by atoms with van der Waals surface area (Å²) in [5, 5.41) is 3.54. The maximum atomic E-state index is 13.1. The van der Waals surface area contributed by atoms with Crippen LogP contribution in [0.3, 0.4) is 0 Å². The predicted molar refractivity (Wildman–Crippen MR) is 74.0 cm³/mol. The van der Waals surface area contributed by atoms with Crippen LogP contribution in [0.25, 0.3) is 0 Å². The Labute approximate surface area is 117 Å². The molecule has 0 heterocycles. The van der Waals surface area contributed by atoms with Gasteiger partial charge in [0, 0.05) is 15.8 Å². The lowest BCUT2D eigenvalue weighted by Crippen LogP contribution is -2.39. The number of amides is 1. The average molecular weight is 367 g/mol. The first-order valence-corrected chi connectivity index (χ1v) is 7.19. The Morgan fingerprint density at radius 2 is 2.12 bits per heavy atom. The molecule has 5 heteroatoms. The van der Waals surface area contributed by atoms with Gasteiger partial charge in [-0.3, -0.25) is 4.79 Å². The first kappa shape index (κ1) is 14.6. The highest BCUT2D eigenvalue weighted by Gasteiger charge is 2.17. The van der Waals surface area contributed by atoms with E-state index in [1.54, 1.807) is 0 Å². The van der Waals surface area contributed by atoms with Gasteiger partial charge in [0.15, 0.2) is 0 Å². The minimum Gasteiger partial charge on any atom is -0.348 e. The molecule has 0 radical (unpaired) electrons. The number of nitrogens with one attached hydrogen (secondary N) is 1. The zero-order valence-corrected chi connectivity index (χ0v) is 12.8. The number of rotatable bonds is 4. The maximum Gasteiger partial charge on any atom is 0.252 e. The lowest BCUT2D eigenvalue weighted by Gasteiger charge is -2.20. The van der Waals surface area contributed by atoms with Gasteiger partial charge in [-0.15, -0.1) is 0 Å². The number of halogens is 3. The van der Waals surface area contributed by atoms with Gasteiger partial charge in [-0.05, 0) is 40.0 Å². The smallest absolute Gasteiger partial charge is 0.252 e. The molecule has 0 aliphatic heterocycles. The fraction of sp³-hybridized carbons (Fsp3) is 0.417. The Morgan fingerprint density at radius 1 is 1.47 bits per heavy atom. The summed E-state index contributed by atoms with van der Waals surface area (Å²) in [4.78, 5) is 12.0. The highest BCUT2D eigenvalue weighted by molar-refractivity contribution is 9.10. The summed E-state index contributed by atoms with van der Waals surface area (Å²) >= 11 is 6.59. The first-order chi connectivity index (χ1) is 7.95. The van der Waals surface area contributed by atoms with Crippen LogP contribution in [-0.4, -0.2) is 17.3 Å². The molecule has 1 rings (SSSR count). The molecule has 2 nitrogen and oxygen atoms in total. The molecule has 0 aliphatic carbocycles. The van der Waals surface area contributed by atoms with E-state index in [4.69, 9.17) is 0 Å². The molecule has 0 saturated carbocycles. The Kier molecular flexibility index (Phi) is 5.59. The zero-order valence-electron chi connectivity index (χ0n) is 9.64. The molecule has 1 aromatic carbocycles. The van der Waals surface area contributed by atoms with E-state index in [-0.39, 0.29) is 11.9 Å². The molecule has 1 N–H and O–H groups in total. The number of hydrogen-bond acceptors (Lipinski definition) is 1. The van der Waals surface area contributed by atoms with Crippen LogP contribution in [0.4, 0.5) is 4.39 Å². The van der Waals surface area contributed by atoms with Crippen LogP contribution < -0.4 is 5.32 Å². The molecular formula is C12H14Br2FNO. The van der Waals surface area contributed by atoms with Crippen molar-refractivity contribution in [2.24, 2.45) is 5.92 Å². The van der Waals surface area contributed by atoms with E-state index >= 15 is 0 Å². The van der Waals surface area contributed by atoms with Crippen LogP contribution >= 0.6 is 31.9 Å². The van der Waals surface area contributed by atoms with Gasteiger partial charge in [0.05, 0.1) is 5.56 Å². The van der Waals surface area contributed by atoms with Crippen molar-refractivity contribution in [2.45, 2.75) is 19.9 Å². The summed E-state index contributed by atoms with van der Waals surface area (Å²) in [6, 6.07) is 4.09. The third-order valence-electron chi connectivity index (χ3n) is 2.46. The van der Waals surface area contributed by atoms with Crippen LogP contribution in [0, 0.1) is 11.7 Å². The van der Waals surface area contributed by atoms with Crippen molar-refractivity contribution in [3.05, 3.63) is 34.1 Å². The average Bonchev–Trinajstić information content (AvgIpc) is 2.28. The van der Waals surface area contributed by atoms with E-state index < -0.39 is 5.82 Å². The van der Waals surface area contributed by atoms with Crippen LogP contribution in [0.2, 0.25) is 0 Å². The van der Waals surface area contributed by atoms with Crippen LogP contribution in [0.1, 0.15) is 24.2 Å². The van der Waals surface area contributed by atoms with Crippen molar-refractivity contribution < 1.29 is 9.18 Å². The van der Waals surface area contributed by atoms with E-state index in [1.165, 1.54) is 18.2 Å². The van der Waals surface area contributed by atoms with Crippen molar-refractivity contribution in [3.63, 3.8) is 0 Å². The molecule has 0 saturated heterocycles. The van der Waals surface area contributed by atoms with Gasteiger partial charge in [0.2, 0.25) is 0 Å². The normalized spacial score (nSPS) is 12.6. The fourth-order valence-corrected chi connectivity index (χ4v) is 2.64. The van der Waals surface area contributed by atoms with Crippen LogP contribution in [0.5, 0.6) is 0 Å². The standard InChI is InChI=1S/C12H14Br2FNO/c1-7(2)11(6-13)16-12(17)9-5-8(15)3-4-10(9)14/h3-5,7,11H,6H2,1-2H3,(H,16,17). The van der Waals surface area contributed by atoms with Gasteiger partial charge >= 0.3 is 0 Å². The largest absolute Gasteiger partial charge is 0.348 e. The van der Waals surface area contributed by atoms with Gasteiger partial charge in [-0.25, -0.2) is 4.39 Å². The molecular weight excluding hydrogens is 353 g/mol. The second-order valence-electron chi connectivity index (χ2n) is 4.10. The van der Waals surface area contributed by atoms with Crippen molar-refractivity contribution in [2.75, 3.05) is 5.33 Å². The summed E-state index contributed by atoms with van der Waals surface area (Å²) < 4.78 is 13.7. The number of hydrogen-bond donors (Lipinski definition) is 1. The predicted octanol–water partition coefficient (Wildman–Crippen LogP) is 3.74. The van der Waals surface area contributed by atoms with Crippen molar-refractivity contribution >= 4 is 37.8 Å². The molecule has 0 spiro atoms. The molecule has 0 bridgehead atoms. The second-order valence-corrected chi connectivity index (χ2v) is 5.60. The quantitative estimate of drug-likeness (QED) is 0.808. The Bertz CT molecular complexity index is 409. The van der Waals surface area contributed by atoms with Crippen molar-refractivity contribution in [1.29, 1.82) is 0 Å². The lowest BCUT2D eigenvalue weighted by atomic mass is 10.1.